The molecule has 2 aliphatic heterocycles. The molecule has 6 heteroatoms. The fourth-order valence-electron chi connectivity index (χ4n) is 4.91. The van der Waals surface area contributed by atoms with Crippen LogP contribution in [-0.2, 0) is 29.7 Å². The standard InChI is InChI=1S/C27H33NO5/c1-3-5-17-28-20-26(25(30)31-18-6-4-2)19-27(21-13-9-7-10-14-21,22-15-11-8-12-16-22)33-32-23(26)24(28)29/h7-16,23H,3-6,17-20H2,1-2H3. The summed E-state index contributed by atoms with van der Waals surface area (Å²) in [7, 11) is 0. The molecule has 1 amide bonds. The number of nitrogens with zero attached hydrogens (tertiary/aromatic N) is 1. The van der Waals surface area contributed by atoms with Gasteiger partial charge in [0.2, 0.25) is 0 Å². The molecule has 0 aromatic heterocycles. The van der Waals surface area contributed by atoms with Crippen molar-refractivity contribution in [2.75, 3.05) is 19.7 Å². The van der Waals surface area contributed by atoms with Gasteiger partial charge in [0.25, 0.3) is 5.91 Å². The van der Waals surface area contributed by atoms with Crippen LogP contribution in [0.4, 0.5) is 0 Å². The number of benzene rings is 2. The lowest BCUT2D eigenvalue weighted by molar-refractivity contribution is -0.413. The van der Waals surface area contributed by atoms with Crippen LogP contribution < -0.4 is 0 Å². The molecule has 2 atom stereocenters. The van der Waals surface area contributed by atoms with Gasteiger partial charge in [-0.2, -0.15) is 0 Å². The van der Waals surface area contributed by atoms with Gasteiger partial charge in [-0.3, -0.25) is 9.59 Å². The normalized spacial score (nSPS) is 23.9. The minimum Gasteiger partial charge on any atom is -0.465 e. The second kappa shape index (κ2) is 10.1. The van der Waals surface area contributed by atoms with Gasteiger partial charge < -0.3 is 9.64 Å². The molecule has 176 valence electrons. The molecule has 2 aromatic carbocycles. The van der Waals surface area contributed by atoms with Crippen molar-refractivity contribution in [2.24, 2.45) is 5.41 Å². The van der Waals surface area contributed by atoms with Crippen molar-refractivity contribution in [2.45, 2.75) is 57.7 Å². The van der Waals surface area contributed by atoms with E-state index in [1.54, 1.807) is 4.90 Å². The third kappa shape index (κ3) is 4.30. The van der Waals surface area contributed by atoms with Gasteiger partial charge in [0.05, 0.1) is 6.61 Å². The predicted octanol–water partition coefficient (Wildman–Crippen LogP) is 4.62. The van der Waals surface area contributed by atoms with E-state index >= 15 is 0 Å². The lowest BCUT2D eigenvalue weighted by Gasteiger charge is -2.45. The summed E-state index contributed by atoms with van der Waals surface area (Å²) in [5.74, 6) is -0.585. The molecule has 6 nitrogen and oxygen atoms in total. The Morgan fingerprint density at radius 2 is 1.61 bits per heavy atom. The van der Waals surface area contributed by atoms with Crippen LogP contribution in [0.25, 0.3) is 0 Å². The number of rotatable bonds is 9. The second-order valence-corrected chi connectivity index (χ2v) is 9.05. The van der Waals surface area contributed by atoms with Crippen molar-refractivity contribution in [3.8, 4) is 0 Å². The number of carbonyl (C=O) groups is 2. The van der Waals surface area contributed by atoms with E-state index in [0.29, 0.717) is 13.2 Å². The number of hydrogen-bond donors (Lipinski definition) is 0. The molecule has 0 radical (unpaired) electrons. The molecule has 0 saturated carbocycles. The molecule has 2 aromatic rings. The Hall–Kier alpha value is -2.70. The van der Waals surface area contributed by atoms with Gasteiger partial charge in [0.15, 0.2) is 11.7 Å². The molecular formula is C27H33NO5. The number of hydrogen-bond acceptors (Lipinski definition) is 5. The molecule has 2 fully saturated rings. The fraction of sp³-hybridized carbons (Fsp3) is 0.481. The molecule has 2 unspecified atom stereocenters. The summed E-state index contributed by atoms with van der Waals surface area (Å²) in [6.07, 6.45) is 2.77. The zero-order valence-electron chi connectivity index (χ0n) is 19.5. The first kappa shape index (κ1) is 23.5. The minimum atomic E-state index is -1.15. The van der Waals surface area contributed by atoms with E-state index < -0.39 is 17.1 Å². The van der Waals surface area contributed by atoms with Gasteiger partial charge in [0.1, 0.15) is 5.41 Å². The number of ether oxygens (including phenoxy) is 1. The average molecular weight is 452 g/mol. The molecule has 0 spiro atoms. The molecule has 0 bridgehead atoms. The SMILES string of the molecule is CCCCOC(=O)C12CN(CCCC)C(=O)C1OOC(c1ccccc1)(c1ccccc1)C2. The summed E-state index contributed by atoms with van der Waals surface area (Å²) in [5, 5.41) is 0. The lowest BCUT2D eigenvalue weighted by atomic mass is 9.69. The van der Waals surface area contributed by atoms with Crippen molar-refractivity contribution in [3.05, 3.63) is 71.8 Å². The molecule has 0 N–H and O–H groups in total. The Bertz CT molecular complexity index is 908. The van der Waals surface area contributed by atoms with E-state index in [9.17, 15) is 9.59 Å². The fourth-order valence-corrected chi connectivity index (χ4v) is 4.91. The van der Waals surface area contributed by atoms with Crippen molar-refractivity contribution < 1.29 is 24.1 Å². The summed E-state index contributed by atoms with van der Waals surface area (Å²) < 4.78 is 5.74. The topological polar surface area (TPSA) is 65.1 Å². The number of unbranched alkanes of at least 4 members (excludes halogenated alkanes) is 2. The molecule has 2 saturated heterocycles. The first-order valence-corrected chi connectivity index (χ1v) is 12.0. The second-order valence-electron chi connectivity index (χ2n) is 9.05. The number of amides is 1. The maximum atomic E-state index is 13.7. The van der Waals surface area contributed by atoms with Crippen LogP contribution >= 0.6 is 0 Å². The summed E-state index contributed by atoms with van der Waals surface area (Å²) >= 11 is 0. The van der Waals surface area contributed by atoms with E-state index in [0.717, 1.165) is 36.8 Å². The van der Waals surface area contributed by atoms with E-state index in [1.807, 2.05) is 67.6 Å². The highest BCUT2D eigenvalue weighted by Gasteiger charge is 2.66. The van der Waals surface area contributed by atoms with Gasteiger partial charge >= 0.3 is 5.97 Å². The van der Waals surface area contributed by atoms with Crippen LogP contribution in [-0.4, -0.2) is 42.6 Å². The lowest BCUT2D eigenvalue weighted by Crippen LogP contribution is -2.55. The maximum Gasteiger partial charge on any atom is 0.317 e. The largest absolute Gasteiger partial charge is 0.465 e. The third-order valence-corrected chi connectivity index (χ3v) is 6.76. The Labute approximate surface area is 195 Å². The average Bonchev–Trinajstić information content (AvgIpc) is 3.15. The van der Waals surface area contributed by atoms with E-state index in [-0.39, 0.29) is 24.8 Å². The molecule has 4 rings (SSSR count). The van der Waals surface area contributed by atoms with Crippen LogP contribution in [0, 0.1) is 5.41 Å². The van der Waals surface area contributed by atoms with Gasteiger partial charge in [-0.25, -0.2) is 9.78 Å². The first-order chi connectivity index (χ1) is 16.1. The summed E-state index contributed by atoms with van der Waals surface area (Å²) in [4.78, 5) is 40.7. The van der Waals surface area contributed by atoms with Crippen molar-refractivity contribution in [1.29, 1.82) is 0 Å². The smallest absolute Gasteiger partial charge is 0.317 e. The molecular weight excluding hydrogens is 418 g/mol. The minimum absolute atomic E-state index is 0.203. The zero-order chi connectivity index (χ0) is 23.3. The Morgan fingerprint density at radius 1 is 1.00 bits per heavy atom. The van der Waals surface area contributed by atoms with E-state index in [2.05, 4.69) is 6.92 Å². The van der Waals surface area contributed by atoms with Crippen LogP contribution in [0.1, 0.15) is 57.1 Å². The number of fused-ring (bicyclic) bond motifs is 1. The molecule has 0 aliphatic carbocycles. The van der Waals surface area contributed by atoms with Crippen molar-refractivity contribution >= 4 is 11.9 Å². The highest BCUT2D eigenvalue weighted by molar-refractivity contribution is 5.94. The maximum absolute atomic E-state index is 13.7. The Morgan fingerprint density at radius 3 is 2.18 bits per heavy atom. The highest BCUT2D eigenvalue weighted by Crippen LogP contribution is 2.53. The number of likely N-dealkylation sites (tertiary alicyclic amines) is 1. The Balaban J connectivity index is 1.78. The quantitative estimate of drug-likeness (QED) is 0.316. The zero-order valence-corrected chi connectivity index (χ0v) is 19.5. The summed E-state index contributed by atoms with van der Waals surface area (Å²) in [6.45, 7) is 5.32. The van der Waals surface area contributed by atoms with Crippen molar-refractivity contribution in [3.63, 3.8) is 0 Å². The molecule has 33 heavy (non-hydrogen) atoms. The molecule has 2 heterocycles. The van der Waals surface area contributed by atoms with Crippen LogP contribution in [0.3, 0.4) is 0 Å². The number of carbonyl (C=O) groups excluding carboxylic acids is 2. The van der Waals surface area contributed by atoms with Gasteiger partial charge in [-0.1, -0.05) is 87.4 Å². The summed E-state index contributed by atoms with van der Waals surface area (Å²) in [5.41, 5.74) is -0.448. The van der Waals surface area contributed by atoms with Gasteiger partial charge in [-0.15, -0.1) is 0 Å². The first-order valence-electron chi connectivity index (χ1n) is 12.0. The Kier molecular flexibility index (Phi) is 7.15. The van der Waals surface area contributed by atoms with Crippen LogP contribution in [0.2, 0.25) is 0 Å². The van der Waals surface area contributed by atoms with E-state index in [1.165, 1.54) is 0 Å². The van der Waals surface area contributed by atoms with Crippen molar-refractivity contribution in [1.82, 2.24) is 4.90 Å². The highest BCUT2D eigenvalue weighted by atomic mass is 17.2. The predicted molar refractivity (Wildman–Crippen MR) is 124 cm³/mol. The van der Waals surface area contributed by atoms with Gasteiger partial charge in [0, 0.05) is 19.5 Å². The van der Waals surface area contributed by atoms with Gasteiger partial charge in [-0.05, 0) is 24.0 Å². The third-order valence-electron chi connectivity index (χ3n) is 6.76. The number of esters is 1. The van der Waals surface area contributed by atoms with Crippen LogP contribution in [0.15, 0.2) is 60.7 Å². The molecule has 2 aliphatic rings. The monoisotopic (exact) mass is 451 g/mol. The van der Waals surface area contributed by atoms with E-state index in [4.69, 9.17) is 14.5 Å². The van der Waals surface area contributed by atoms with Crippen LogP contribution in [0.5, 0.6) is 0 Å². The summed E-state index contributed by atoms with van der Waals surface area (Å²) in [6, 6.07) is 19.5.